The molecule has 4 aromatic rings. The standard InChI is InChI=1S/C32H37N7O5/c1-19(2)44-30(40)22-17-33-31(37-29(22)23-18-38(3)26-8-6-5-7-21(23)26)35-25-15-24(36-32(41)34-20-9-10-20)27(16-28(25)42-4)39-11-13-43-14-12-39/h5-8,15-20H,9-14H2,1-4H3,(H,33,35,37)(H2,34,36,41). The number of amides is 2. The Labute approximate surface area is 255 Å². The quantitative estimate of drug-likeness (QED) is 0.226. The number of nitrogens with one attached hydrogen (secondary N) is 3. The van der Waals surface area contributed by atoms with Crippen molar-refractivity contribution >= 4 is 45.9 Å². The lowest BCUT2D eigenvalue weighted by Gasteiger charge is -2.31. The maximum Gasteiger partial charge on any atom is 0.342 e. The second-order valence-electron chi connectivity index (χ2n) is 11.2. The van der Waals surface area contributed by atoms with Gasteiger partial charge in [0.25, 0.3) is 0 Å². The summed E-state index contributed by atoms with van der Waals surface area (Å²) >= 11 is 0. The minimum atomic E-state index is -0.505. The Morgan fingerprint density at radius 2 is 1.86 bits per heavy atom. The SMILES string of the molecule is COc1cc(N2CCOCC2)c(NC(=O)NC2CC2)cc1Nc1ncc(C(=O)OC(C)C)c(-c2cn(C)c3ccccc23)n1. The first kappa shape index (κ1) is 29.2. The molecule has 230 valence electrons. The fourth-order valence-electron chi connectivity index (χ4n) is 5.30. The van der Waals surface area contributed by atoms with Gasteiger partial charge in [0, 0.05) is 61.1 Å². The fourth-order valence-corrected chi connectivity index (χ4v) is 5.30. The van der Waals surface area contributed by atoms with E-state index in [0.29, 0.717) is 49.1 Å². The Morgan fingerprint density at radius 1 is 1.09 bits per heavy atom. The van der Waals surface area contributed by atoms with Gasteiger partial charge in [-0.3, -0.25) is 0 Å². The maximum atomic E-state index is 13.2. The minimum absolute atomic E-state index is 0.208. The molecule has 2 fully saturated rings. The van der Waals surface area contributed by atoms with Gasteiger partial charge in [0.05, 0.1) is 49.2 Å². The number of hydrogen-bond acceptors (Lipinski definition) is 9. The van der Waals surface area contributed by atoms with E-state index >= 15 is 0 Å². The van der Waals surface area contributed by atoms with Crippen molar-refractivity contribution in [2.45, 2.75) is 38.8 Å². The third-order valence-corrected chi connectivity index (χ3v) is 7.58. The minimum Gasteiger partial charge on any atom is -0.494 e. The highest BCUT2D eigenvalue weighted by molar-refractivity contribution is 6.03. The van der Waals surface area contributed by atoms with Crippen LogP contribution in [0.15, 0.2) is 48.8 Å². The number of carbonyl (C=O) groups excluding carboxylic acids is 2. The molecule has 44 heavy (non-hydrogen) atoms. The van der Waals surface area contributed by atoms with Gasteiger partial charge in [-0.15, -0.1) is 0 Å². The number of urea groups is 1. The molecule has 2 aromatic heterocycles. The van der Waals surface area contributed by atoms with Gasteiger partial charge in [0.1, 0.15) is 11.3 Å². The predicted molar refractivity (Wildman–Crippen MR) is 169 cm³/mol. The van der Waals surface area contributed by atoms with E-state index in [0.717, 1.165) is 35.0 Å². The molecule has 3 N–H and O–H groups in total. The molecule has 0 spiro atoms. The summed E-state index contributed by atoms with van der Waals surface area (Å²) in [5.41, 5.74) is 4.46. The number of aryl methyl sites for hydroxylation is 1. The Balaban J connectivity index is 1.40. The first-order valence-corrected chi connectivity index (χ1v) is 14.8. The number of morpholine rings is 1. The number of benzene rings is 2. The molecule has 1 aliphatic carbocycles. The number of hydrogen-bond donors (Lipinski definition) is 3. The first-order valence-electron chi connectivity index (χ1n) is 14.8. The van der Waals surface area contributed by atoms with Crippen molar-refractivity contribution in [2.75, 3.05) is 48.9 Å². The monoisotopic (exact) mass is 599 g/mol. The van der Waals surface area contributed by atoms with Crippen LogP contribution >= 0.6 is 0 Å². The van der Waals surface area contributed by atoms with Gasteiger partial charge in [0.2, 0.25) is 5.95 Å². The molecular formula is C32H37N7O5. The van der Waals surface area contributed by atoms with Crippen LogP contribution in [-0.4, -0.2) is 72.1 Å². The Bertz CT molecular complexity index is 1690. The van der Waals surface area contributed by atoms with E-state index in [4.69, 9.17) is 19.2 Å². The summed E-state index contributed by atoms with van der Waals surface area (Å²) in [6, 6.07) is 11.6. The number of fused-ring (bicyclic) bond motifs is 1. The average molecular weight is 600 g/mol. The van der Waals surface area contributed by atoms with Crippen LogP contribution in [-0.2, 0) is 16.5 Å². The topological polar surface area (TPSA) is 132 Å². The van der Waals surface area contributed by atoms with Gasteiger partial charge in [-0.2, -0.15) is 0 Å². The van der Waals surface area contributed by atoms with Crippen molar-refractivity contribution in [3.05, 3.63) is 54.4 Å². The number of ether oxygens (including phenoxy) is 3. The van der Waals surface area contributed by atoms with E-state index < -0.39 is 5.97 Å². The lowest BCUT2D eigenvalue weighted by Crippen LogP contribution is -2.37. The largest absolute Gasteiger partial charge is 0.494 e. The van der Waals surface area contributed by atoms with Crippen molar-refractivity contribution in [1.29, 1.82) is 0 Å². The summed E-state index contributed by atoms with van der Waals surface area (Å²) in [6.45, 7) is 6.14. The van der Waals surface area contributed by atoms with E-state index in [1.165, 1.54) is 6.20 Å². The summed E-state index contributed by atoms with van der Waals surface area (Å²) in [7, 11) is 3.54. The molecule has 2 aliphatic rings. The summed E-state index contributed by atoms with van der Waals surface area (Å²) in [6.07, 6.45) is 5.08. The summed E-state index contributed by atoms with van der Waals surface area (Å²) < 4.78 is 18.9. The van der Waals surface area contributed by atoms with Crippen LogP contribution in [0.5, 0.6) is 5.75 Å². The van der Waals surface area contributed by atoms with Crippen LogP contribution in [0.2, 0.25) is 0 Å². The lowest BCUT2D eigenvalue weighted by molar-refractivity contribution is 0.0378. The molecule has 2 amide bonds. The Hall–Kier alpha value is -4.84. The van der Waals surface area contributed by atoms with Crippen LogP contribution in [0.1, 0.15) is 37.0 Å². The van der Waals surface area contributed by atoms with Crippen LogP contribution in [0.25, 0.3) is 22.2 Å². The van der Waals surface area contributed by atoms with Gasteiger partial charge < -0.3 is 39.6 Å². The Morgan fingerprint density at radius 3 is 2.59 bits per heavy atom. The number of rotatable bonds is 9. The van der Waals surface area contributed by atoms with Gasteiger partial charge in [-0.25, -0.2) is 19.6 Å². The van der Waals surface area contributed by atoms with Crippen molar-refractivity contribution in [3.8, 4) is 17.0 Å². The van der Waals surface area contributed by atoms with Gasteiger partial charge in [-0.05, 0) is 38.8 Å². The smallest absolute Gasteiger partial charge is 0.342 e. The zero-order chi connectivity index (χ0) is 30.8. The molecule has 0 atom stereocenters. The number of para-hydroxylation sites is 1. The average Bonchev–Trinajstić information content (AvgIpc) is 3.77. The predicted octanol–water partition coefficient (Wildman–Crippen LogP) is 5.07. The van der Waals surface area contributed by atoms with E-state index in [9.17, 15) is 9.59 Å². The van der Waals surface area contributed by atoms with Gasteiger partial charge in [0.15, 0.2) is 0 Å². The van der Waals surface area contributed by atoms with E-state index in [1.54, 1.807) is 21.0 Å². The molecule has 12 nitrogen and oxygen atoms in total. The molecule has 3 heterocycles. The molecule has 1 saturated heterocycles. The molecule has 2 aromatic carbocycles. The van der Waals surface area contributed by atoms with Crippen molar-refractivity contribution in [2.24, 2.45) is 7.05 Å². The molecule has 6 rings (SSSR count). The molecule has 0 radical (unpaired) electrons. The summed E-state index contributed by atoms with van der Waals surface area (Å²) in [4.78, 5) is 37.5. The maximum absolute atomic E-state index is 13.2. The van der Waals surface area contributed by atoms with Crippen LogP contribution in [0.3, 0.4) is 0 Å². The summed E-state index contributed by atoms with van der Waals surface area (Å²) in [5, 5.41) is 10.2. The fraction of sp³-hybridized carbons (Fsp3) is 0.375. The van der Waals surface area contributed by atoms with Gasteiger partial charge in [-0.1, -0.05) is 18.2 Å². The highest BCUT2D eigenvalue weighted by atomic mass is 16.5. The van der Waals surface area contributed by atoms with Crippen molar-refractivity contribution in [1.82, 2.24) is 19.9 Å². The number of aromatic nitrogens is 3. The van der Waals surface area contributed by atoms with Gasteiger partial charge >= 0.3 is 12.0 Å². The highest BCUT2D eigenvalue weighted by Crippen LogP contribution is 2.39. The molecular weight excluding hydrogens is 562 g/mol. The normalized spacial score (nSPS) is 14.9. The number of methoxy groups -OCH3 is 1. The molecule has 0 bridgehead atoms. The van der Waals surface area contributed by atoms with E-state index in [1.807, 2.05) is 54.2 Å². The number of nitrogens with zero attached hydrogens (tertiary/aromatic N) is 4. The molecule has 0 unspecified atom stereocenters. The van der Waals surface area contributed by atoms with Crippen molar-refractivity contribution < 1.29 is 23.8 Å². The molecule has 1 saturated carbocycles. The second kappa shape index (κ2) is 12.4. The third-order valence-electron chi connectivity index (χ3n) is 7.58. The van der Waals surface area contributed by atoms with E-state index in [2.05, 4.69) is 25.8 Å². The first-order chi connectivity index (χ1) is 21.3. The van der Waals surface area contributed by atoms with Crippen molar-refractivity contribution in [3.63, 3.8) is 0 Å². The second-order valence-corrected chi connectivity index (χ2v) is 11.2. The Kier molecular flexibility index (Phi) is 8.25. The summed E-state index contributed by atoms with van der Waals surface area (Å²) in [5.74, 6) is 0.285. The zero-order valence-corrected chi connectivity index (χ0v) is 25.3. The number of carbonyl (C=O) groups is 2. The van der Waals surface area contributed by atoms with E-state index in [-0.39, 0.29) is 29.7 Å². The van der Waals surface area contributed by atoms with Crippen LogP contribution < -0.4 is 25.6 Å². The molecule has 1 aliphatic heterocycles. The third kappa shape index (κ3) is 6.25. The zero-order valence-electron chi connectivity index (χ0n) is 25.3. The number of anilines is 4. The highest BCUT2D eigenvalue weighted by Gasteiger charge is 2.26. The van der Waals surface area contributed by atoms with Crippen LogP contribution in [0.4, 0.5) is 27.8 Å². The van der Waals surface area contributed by atoms with Crippen LogP contribution in [0, 0.1) is 0 Å². The number of esters is 1. The lowest BCUT2D eigenvalue weighted by atomic mass is 10.1. The molecule has 12 heteroatoms.